The third-order valence-corrected chi connectivity index (χ3v) is 4.82. The van der Waals surface area contributed by atoms with E-state index >= 15 is 0 Å². The molecule has 0 heterocycles. The molecule has 2 rings (SSSR count). The van der Waals surface area contributed by atoms with Gasteiger partial charge in [-0.15, -0.1) is 0 Å². The molecule has 1 aliphatic rings. The molecular weight excluding hydrogens is 276 g/mol. The molecule has 2 unspecified atom stereocenters. The van der Waals surface area contributed by atoms with Gasteiger partial charge in [0, 0.05) is 17.4 Å². The monoisotopic (exact) mass is 296 g/mol. The van der Waals surface area contributed by atoms with Gasteiger partial charge in [-0.25, -0.2) is 0 Å². The Balaban J connectivity index is 2.10. The maximum Gasteiger partial charge on any atom is 0.292 e. The molecule has 0 saturated heterocycles. The van der Waals surface area contributed by atoms with Crippen molar-refractivity contribution in [2.24, 2.45) is 0 Å². The lowest BCUT2D eigenvalue weighted by Crippen LogP contribution is -2.17. The summed E-state index contributed by atoms with van der Waals surface area (Å²) in [6, 6.07) is 5.01. The Morgan fingerprint density at radius 3 is 2.95 bits per heavy atom. The quantitative estimate of drug-likeness (QED) is 0.623. The zero-order chi connectivity index (χ0) is 14.5. The first-order valence-electron chi connectivity index (χ1n) is 6.90. The second-order valence-electron chi connectivity index (χ2n) is 5.00. The molecule has 0 amide bonds. The molecular formula is C14H20N2O3S. The van der Waals surface area contributed by atoms with Gasteiger partial charge in [-0.1, -0.05) is 6.92 Å². The number of aliphatic hydroxyl groups excluding tert-OH is 1. The number of hydrogen-bond donors (Lipinski definition) is 2. The summed E-state index contributed by atoms with van der Waals surface area (Å²) in [4.78, 5) is 10.7. The molecule has 2 atom stereocenters. The number of nitrogens with zero attached hydrogens (tertiary/aromatic N) is 1. The van der Waals surface area contributed by atoms with Crippen molar-refractivity contribution < 1.29 is 10.0 Å². The minimum Gasteiger partial charge on any atom is -0.392 e. The molecule has 0 aliphatic heterocycles. The molecule has 1 aromatic carbocycles. The molecule has 0 spiro atoms. The summed E-state index contributed by atoms with van der Waals surface area (Å²) in [7, 11) is 0. The molecule has 110 valence electrons. The van der Waals surface area contributed by atoms with Crippen LogP contribution in [0.15, 0.2) is 18.2 Å². The summed E-state index contributed by atoms with van der Waals surface area (Å²) in [5.74, 6) is 1.11. The van der Waals surface area contributed by atoms with E-state index in [0.717, 1.165) is 25.0 Å². The first kappa shape index (κ1) is 15.1. The molecule has 6 heteroatoms. The summed E-state index contributed by atoms with van der Waals surface area (Å²) >= 11 is 1.96. The summed E-state index contributed by atoms with van der Waals surface area (Å²) < 4.78 is 0. The molecule has 1 saturated carbocycles. The number of anilines is 1. The van der Waals surface area contributed by atoms with Crippen LogP contribution in [0, 0.1) is 10.1 Å². The lowest BCUT2D eigenvalue weighted by atomic mass is 10.1. The molecule has 1 aromatic rings. The Hall–Kier alpha value is -1.27. The van der Waals surface area contributed by atoms with Crippen molar-refractivity contribution in [1.29, 1.82) is 0 Å². The predicted molar refractivity (Wildman–Crippen MR) is 82.2 cm³/mol. The third-order valence-electron chi connectivity index (χ3n) is 3.59. The normalized spacial score (nSPS) is 21.9. The van der Waals surface area contributed by atoms with Crippen LogP contribution < -0.4 is 5.32 Å². The molecule has 2 N–H and O–H groups in total. The average molecular weight is 296 g/mol. The van der Waals surface area contributed by atoms with Gasteiger partial charge in [0.1, 0.15) is 5.69 Å². The molecule has 0 aromatic heterocycles. The Bertz CT molecular complexity index is 481. The fourth-order valence-corrected chi connectivity index (χ4v) is 3.78. The Kier molecular flexibility index (Phi) is 5.25. The summed E-state index contributed by atoms with van der Waals surface area (Å²) in [5.41, 5.74) is 1.29. The first-order valence-corrected chi connectivity index (χ1v) is 7.95. The highest BCUT2D eigenvalue weighted by atomic mass is 32.2. The molecule has 0 bridgehead atoms. The van der Waals surface area contributed by atoms with Crippen LogP contribution in [0.2, 0.25) is 0 Å². The zero-order valence-electron chi connectivity index (χ0n) is 11.5. The summed E-state index contributed by atoms with van der Waals surface area (Å²) in [6.45, 7) is 2.05. The van der Waals surface area contributed by atoms with Gasteiger partial charge in [0.05, 0.1) is 11.5 Å². The Morgan fingerprint density at radius 2 is 2.30 bits per heavy atom. The minimum atomic E-state index is -0.378. The molecule has 1 aliphatic carbocycles. The molecule has 5 nitrogen and oxygen atoms in total. The SMILES string of the molecule is CCSC1CCC(Nc2cc(CO)ccc2[N+](=O)[O-])C1. The van der Waals surface area contributed by atoms with E-state index in [0.29, 0.717) is 16.5 Å². The Morgan fingerprint density at radius 1 is 1.50 bits per heavy atom. The van der Waals surface area contributed by atoms with E-state index in [2.05, 4.69) is 12.2 Å². The van der Waals surface area contributed by atoms with Gasteiger partial charge in [0.15, 0.2) is 0 Å². The number of thioether (sulfide) groups is 1. The van der Waals surface area contributed by atoms with Gasteiger partial charge < -0.3 is 10.4 Å². The molecule has 20 heavy (non-hydrogen) atoms. The van der Waals surface area contributed by atoms with Crippen molar-refractivity contribution in [3.05, 3.63) is 33.9 Å². The highest BCUT2D eigenvalue weighted by molar-refractivity contribution is 7.99. The maximum atomic E-state index is 11.1. The third kappa shape index (κ3) is 3.64. The van der Waals surface area contributed by atoms with Crippen molar-refractivity contribution in [1.82, 2.24) is 0 Å². The zero-order valence-corrected chi connectivity index (χ0v) is 12.4. The Labute approximate surface area is 122 Å². The highest BCUT2D eigenvalue weighted by Gasteiger charge is 2.26. The fraction of sp³-hybridized carbons (Fsp3) is 0.571. The standard InChI is InChI=1S/C14H20N2O3S/c1-2-20-12-5-4-11(8-12)15-13-7-10(9-17)3-6-14(13)16(18)19/h3,6-7,11-12,15,17H,2,4-5,8-9H2,1H3. The van der Waals surface area contributed by atoms with Gasteiger partial charge in [-0.3, -0.25) is 10.1 Å². The van der Waals surface area contributed by atoms with Crippen LogP contribution in [0.5, 0.6) is 0 Å². The van der Waals surface area contributed by atoms with Gasteiger partial charge in [-0.05, 0) is 42.7 Å². The number of nitrogens with one attached hydrogen (secondary N) is 1. The van der Waals surface area contributed by atoms with Gasteiger partial charge >= 0.3 is 0 Å². The second kappa shape index (κ2) is 6.95. The number of aliphatic hydroxyl groups is 1. The van der Waals surface area contributed by atoms with Crippen molar-refractivity contribution in [2.45, 2.75) is 44.1 Å². The van der Waals surface area contributed by atoms with Gasteiger partial charge in [0.2, 0.25) is 0 Å². The molecule has 1 fully saturated rings. The maximum absolute atomic E-state index is 11.1. The van der Waals surface area contributed by atoms with Crippen LogP contribution in [-0.4, -0.2) is 27.1 Å². The van der Waals surface area contributed by atoms with E-state index in [1.54, 1.807) is 12.1 Å². The van der Waals surface area contributed by atoms with Crippen molar-refractivity contribution in [3.63, 3.8) is 0 Å². The lowest BCUT2D eigenvalue weighted by molar-refractivity contribution is -0.384. The fourth-order valence-electron chi connectivity index (χ4n) is 2.63. The van der Waals surface area contributed by atoms with E-state index in [-0.39, 0.29) is 23.3 Å². The summed E-state index contributed by atoms with van der Waals surface area (Å²) in [5, 5.41) is 24.2. The van der Waals surface area contributed by atoms with E-state index in [4.69, 9.17) is 5.11 Å². The highest BCUT2D eigenvalue weighted by Crippen LogP contribution is 2.34. The number of rotatable bonds is 6. The topological polar surface area (TPSA) is 75.4 Å². The van der Waals surface area contributed by atoms with E-state index in [1.165, 1.54) is 6.07 Å². The van der Waals surface area contributed by atoms with Crippen molar-refractivity contribution >= 4 is 23.1 Å². The predicted octanol–water partition coefficient (Wildman–Crippen LogP) is 3.17. The van der Waals surface area contributed by atoms with E-state index in [1.807, 2.05) is 11.8 Å². The van der Waals surface area contributed by atoms with Crippen LogP contribution >= 0.6 is 11.8 Å². The van der Waals surface area contributed by atoms with Crippen LogP contribution in [0.4, 0.5) is 11.4 Å². The number of nitro benzene ring substituents is 1. The minimum absolute atomic E-state index is 0.0776. The first-order chi connectivity index (χ1) is 9.63. The summed E-state index contributed by atoms with van der Waals surface area (Å²) in [6.07, 6.45) is 3.24. The molecule has 0 radical (unpaired) electrons. The average Bonchev–Trinajstić information content (AvgIpc) is 2.86. The lowest BCUT2D eigenvalue weighted by Gasteiger charge is -2.15. The van der Waals surface area contributed by atoms with Crippen molar-refractivity contribution in [2.75, 3.05) is 11.1 Å². The van der Waals surface area contributed by atoms with Crippen LogP contribution in [-0.2, 0) is 6.61 Å². The number of benzene rings is 1. The van der Waals surface area contributed by atoms with Crippen LogP contribution in [0.3, 0.4) is 0 Å². The van der Waals surface area contributed by atoms with Gasteiger partial charge in [0.25, 0.3) is 5.69 Å². The van der Waals surface area contributed by atoms with E-state index < -0.39 is 0 Å². The van der Waals surface area contributed by atoms with Crippen molar-refractivity contribution in [3.8, 4) is 0 Å². The number of hydrogen-bond acceptors (Lipinski definition) is 5. The largest absolute Gasteiger partial charge is 0.392 e. The van der Waals surface area contributed by atoms with Crippen LogP contribution in [0.25, 0.3) is 0 Å². The van der Waals surface area contributed by atoms with Gasteiger partial charge in [-0.2, -0.15) is 11.8 Å². The second-order valence-corrected chi connectivity index (χ2v) is 6.58. The van der Waals surface area contributed by atoms with E-state index in [9.17, 15) is 10.1 Å². The number of nitro groups is 1. The van der Waals surface area contributed by atoms with Crippen LogP contribution in [0.1, 0.15) is 31.7 Å². The smallest absolute Gasteiger partial charge is 0.292 e.